The molecule has 0 bridgehead atoms. The van der Waals surface area contributed by atoms with Gasteiger partial charge in [0.25, 0.3) is 0 Å². The number of rotatable bonds is 6. The van der Waals surface area contributed by atoms with Crippen molar-refractivity contribution >= 4 is 0 Å². The smallest absolute Gasteiger partial charge is 0.165 e. The number of piperidine rings is 1. The Morgan fingerprint density at radius 1 is 1.26 bits per heavy atom. The van der Waals surface area contributed by atoms with Crippen molar-refractivity contribution in [2.45, 2.75) is 25.8 Å². The Kier molecular flexibility index (Phi) is 5.61. The van der Waals surface area contributed by atoms with E-state index in [0.717, 1.165) is 25.2 Å². The third-order valence-electron chi connectivity index (χ3n) is 3.49. The molecule has 0 aromatic heterocycles. The molecule has 0 aliphatic carbocycles. The number of nitrogens with zero attached hydrogens (tertiary/aromatic N) is 1. The van der Waals surface area contributed by atoms with Gasteiger partial charge in [0.2, 0.25) is 0 Å². The topological polar surface area (TPSA) is 24.5 Å². The maximum absolute atomic E-state index is 13.8. The molecule has 1 N–H and O–H groups in total. The van der Waals surface area contributed by atoms with Crippen molar-refractivity contribution < 1.29 is 9.13 Å². The van der Waals surface area contributed by atoms with Gasteiger partial charge in [-0.15, -0.1) is 0 Å². The van der Waals surface area contributed by atoms with E-state index in [-0.39, 0.29) is 5.82 Å². The van der Waals surface area contributed by atoms with Crippen molar-refractivity contribution in [2.24, 2.45) is 0 Å². The van der Waals surface area contributed by atoms with Crippen LogP contribution in [0.15, 0.2) is 18.2 Å². The number of likely N-dealkylation sites (tertiary alicyclic amines) is 1. The summed E-state index contributed by atoms with van der Waals surface area (Å²) in [6.45, 7) is 4.41. The second kappa shape index (κ2) is 7.46. The van der Waals surface area contributed by atoms with E-state index in [2.05, 4.69) is 10.2 Å². The standard InChI is InChI=1S/C15H23FN2O/c1-17-12-13-5-6-15(14(16)11-13)19-10-9-18-7-3-2-4-8-18/h5-6,11,17H,2-4,7-10,12H2,1H3. The van der Waals surface area contributed by atoms with E-state index < -0.39 is 0 Å². The zero-order chi connectivity index (χ0) is 13.5. The Morgan fingerprint density at radius 2 is 2.05 bits per heavy atom. The quantitative estimate of drug-likeness (QED) is 0.855. The minimum Gasteiger partial charge on any atom is -0.489 e. The molecule has 0 spiro atoms. The highest BCUT2D eigenvalue weighted by Gasteiger charge is 2.10. The Hall–Kier alpha value is -1.13. The summed E-state index contributed by atoms with van der Waals surface area (Å²) in [6, 6.07) is 5.15. The lowest BCUT2D eigenvalue weighted by Crippen LogP contribution is -2.33. The second-order valence-corrected chi connectivity index (χ2v) is 5.05. The van der Waals surface area contributed by atoms with Gasteiger partial charge >= 0.3 is 0 Å². The largest absolute Gasteiger partial charge is 0.489 e. The van der Waals surface area contributed by atoms with Crippen LogP contribution in [-0.4, -0.2) is 38.2 Å². The van der Waals surface area contributed by atoms with E-state index >= 15 is 0 Å². The van der Waals surface area contributed by atoms with Gasteiger partial charge in [0.15, 0.2) is 11.6 Å². The molecule has 1 saturated heterocycles. The van der Waals surface area contributed by atoms with Crippen LogP contribution in [0.25, 0.3) is 0 Å². The molecule has 0 atom stereocenters. The summed E-state index contributed by atoms with van der Waals surface area (Å²) in [4.78, 5) is 2.39. The lowest BCUT2D eigenvalue weighted by atomic mass is 10.1. The lowest BCUT2D eigenvalue weighted by Gasteiger charge is -2.26. The molecule has 0 amide bonds. The highest BCUT2D eigenvalue weighted by molar-refractivity contribution is 5.29. The predicted molar refractivity (Wildman–Crippen MR) is 74.9 cm³/mol. The van der Waals surface area contributed by atoms with Crippen LogP contribution in [0.4, 0.5) is 4.39 Å². The fourth-order valence-corrected chi connectivity index (χ4v) is 2.44. The highest BCUT2D eigenvalue weighted by Crippen LogP contribution is 2.18. The number of benzene rings is 1. The summed E-state index contributed by atoms with van der Waals surface area (Å²) in [5, 5.41) is 3.00. The average Bonchev–Trinajstić information content (AvgIpc) is 2.43. The van der Waals surface area contributed by atoms with Crippen LogP contribution in [0.5, 0.6) is 5.75 Å². The van der Waals surface area contributed by atoms with Crippen LogP contribution in [0.3, 0.4) is 0 Å². The van der Waals surface area contributed by atoms with Gasteiger partial charge in [0, 0.05) is 13.1 Å². The maximum atomic E-state index is 13.8. The van der Waals surface area contributed by atoms with Crippen molar-refractivity contribution in [3.05, 3.63) is 29.6 Å². The van der Waals surface area contributed by atoms with Crippen molar-refractivity contribution in [1.29, 1.82) is 0 Å². The lowest BCUT2D eigenvalue weighted by molar-refractivity contribution is 0.180. The van der Waals surface area contributed by atoms with Crippen molar-refractivity contribution in [1.82, 2.24) is 10.2 Å². The molecule has 4 heteroatoms. The van der Waals surface area contributed by atoms with Gasteiger partial charge in [-0.3, -0.25) is 4.90 Å². The molecule has 2 rings (SSSR count). The van der Waals surface area contributed by atoms with Gasteiger partial charge in [-0.2, -0.15) is 0 Å². The van der Waals surface area contributed by atoms with Crippen LogP contribution in [-0.2, 0) is 6.54 Å². The predicted octanol–water partition coefficient (Wildman–Crippen LogP) is 2.41. The summed E-state index contributed by atoms with van der Waals surface area (Å²) >= 11 is 0. The fourth-order valence-electron chi connectivity index (χ4n) is 2.44. The Labute approximate surface area is 114 Å². The summed E-state index contributed by atoms with van der Waals surface area (Å²) < 4.78 is 19.3. The number of halogens is 1. The molecule has 1 aromatic rings. The average molecular weight is 266 g/mol. The van der Waals surface area contributed by atoms with Gasteiger partial charge in [-0.1, -0.05) is 12.5 Å². The Bertz CT molecular complexity index is 392. The minimum atomic E-state index is -0.272. The molecule has 0 saturated carbocycles. The molecular weight excluding hydrogens is 243 g/mol. The third kappa shape index (κ3) is 4.48. The number of nitrogens with one attached hydrogen (secondary N) is 1. The zero-order valence-electron chi connectivity index (χ0n) is 11.6. The highest BCUT2D eigenvalue weighted by atomic mass is 19.1. The van der Waals surface area contributed by atoms with E-state index in [9.17, 15) is 4.39 Å². The number of ether oxygens (including phenoxy) is 1. The normalized spacial score (nSPS) is 16.5. The third-order valence-corrected chi connectivity index (χ3v) is 3.49. The molecule has 19 heavy (non-hydrogen) atoms. The molecule has 1 heterocycles. The van der Waals surface area contributed by atoms with Crippen LogP contribution in [0, 0.1) is 5.82 Å². The van der Waals surface area contributed by atoms with Crippen LogP contribution < -0.4 is 10.1 Å². The second-order valence-electron chi connectivity index (χ2n) is 5.05. The Balaban J connectivity index is 1.78. The van der Waals surface area contributed by atoms with Crippen molar-refractivity contribution in [3.8, 4) is 5.75 Å². The van der Waals surface area contributed by atoms with E-state index in [1.807, 2.05) is 13.1 Å². The van der Waals surface area contributed by atoms with Crippen LogP contribution >= 0.6 is 0 Å². The SMILES string of the molecule is CNCc1ccc(OCCN2CCCCC2)c(F)c1. The maximum Gasteiger partial charge on any atom is 0.165 e. The molecule has 1 fully saturated rings. The van der Waals surface area contributed by atoms with E-state index in [1.165, 1.54) is 25.3 Å². The summed E-state index contributed by atoms with van der Waals surface area (Å²) in [7, 11) is 1.85. The summed E-state index contributed by atoms with van der Waals surface area (Å²) in [5.41, 5.74) is 0.934. The fraction of sp³-hybridized carbons (Fsp3) is 0.600. The first-order valence-electron chi connectivity index (χ1n) is 7.08. The van der Waals surface area contributed by atoms with Crippen LogP contribution in [0.2, 0.25) is 0 Å². The first kappa shape index (κ1) is 14.3. The molecule has 106 valence electrons. The van der Waals surface area contributed by atoms with E-state index in [1.54, 1.807) is 6.07 Å². The molecule has 1 aliphatic heterocycles. The monoisotopic (exact) mass is 266 g/mol. The summed E-state index contributed by atoms with van der Waals surface area (Å²) in [5.74, 6) is 0.0863. The van der Waals surface area contributed by atoms with Gasteiger partial charge in [-0.05, 0) is 50.7 Å². The van der Waals surface area contributed by atoms with Gasteiger partial charge in [0.05, 0.1) is 0 Å². The van der Waals surface area contributed by atoms with Gasteiger partial charge in [-0.25, -0.2) is 4.39 Å². The van der Waals surface area contributed by atoms with E-state index in [0.29, 0.717) is 18.9 Å². The van der Waals surface area contributed by atoms with E-state index in [4.69, 9.17) is 4.74 Å². The molecule has 0 radical (unpaired) electrons. The van der Waals surface area contributed by atoms with Gasteiger partial charge < -0.3 is 10.1 Å². The molecule has 3 nitrogen and oxygen atoms in total. The molecular formula is C15H23FN2O. The zero-order valence-corrected chi connectivity index (χ0v) is 11.6. The first-order chi connectivity index (χ1) is 9.29. The molecule has 1 aromatic carbocycles. The number of hydrogen-bond acceptors (Lipinski definition) is 3. The molecule has 1 aliphatic rings. The Morgan fingerprint density at radius 3 is 2.74 bits per heavy atom. The number of hydrogen-bond donors (Lipinski definition) is 1. The summed E-state index contributed by atoms with van der Waals surface area (Å²) in [6.07, 6.45) is 3.87. The van der Waals surface area contributed by atoms with Crippen molar-refractivity contribution in [2.75, 3.05) is 33.3 Å². The van der Waals surface area contributed by atoms with Crippen LogP contribution in [0.1, 0.15) is 24.8 Å². The molecule has 0 unspecified atom stereocenters. The minimum absolute atomic E-state index is 0.272. The van der Waals surface area contributed by atoms with Gasteiger partial charge in [0.1, 0.15) is 6.61 Å². The first-order valence-corrected chi connectivity index (χ1v) is 7.08. The van der Waals surface area contributed by atoms with Crippen molar-refractivity contribution in [3.63, 3.8) is 0 Å².